The average molecular weight is 416 g/mol. The van der Waals surface area contributed by atoms with E-state index in [0.717, 1.165) is 12.0 Å². The number of carboxylic acid groups (broad SMARTS) is 1. The van der Waals surface area contributed by atoms with E-state index in [9.17, 15) is 14.7 Å². The summed E-state index contributed by atoms with van der Waals surface area (Å²) in [5.74, 6) is -1.47. The molecule has 26 heavy (non-hydrogen) atoms. The Hall–Kier alpha value is -2.40. The molecule has 0 saturated heterocycles. The number of aryl methyl sites for hydroxylation is 1. The second-order valence-corrected chi connectivity index (χ2v) is 6.93. The number of hydrogen-bond acceptors (Lipinski definition) is 2. The van der Waals surface area contributed by atoms with Crippen LogP contribution in [0, 0.1) is 0 Å². The third-order valence-corrected chi connectivity index (χ3v) is 4.44. The van der Waals surface area contributed by atoms with E-state index in [2.05, 4.69) is 40.3 Å². The third-order valence-electron chi connectivity index (χ3n) is 3.95. The predicted octanol–water partition coefficient (Wildman–Crippen LogP) is 5.53. The van der Waals surface area contributed by atoms with Crippen LogP contribution in [0.2, 0.25) is 0 Å². The van der Waals surface area contributed by atoms with Gasteiger partial charge in [0.25, 0.3) is 0 Å². The molecule has 0 atom stereocenters. The molecule has 2 aromatic rings. The number of benzene rings is 2. The highest BCUT2D eigenvalue weighted by Crippen LogP contribution is 2.21. The molecule has 5 heteroatoms. The molecule has 0 aliphatic carbocycles. The predicted molar refractivity (Wildman–Crippen MR) is 108 cm³/mol. The average Bonchev–Trinajstić information content (AvgIpc) is 2.62. The summed E-state index contributed by atoms with van der Waals surface area (Å²) < 4.78 is 0.641. The number of anilines is 1. The Morgan fingerprint density at radius 3 is 2.50 bits per heavy atom. The van der Waals surface area contributed by atoms with Crippen LogP contribution in [0.15, 0.2) is 53.0 Å². The highest BCUT2D eigenvalue weighted by atomic mass is 79.9. The fourth-order valence-corrected chi connectivity index (χ4v) is 2.88. The Labute approximate surface area is 162 Å². The number of hydrogen-bond donors (Lipinski definition) is 2. The molecule has 136 valence electrons. The second kappa shape index (κ2) is 9.92. The Morgan fingerprint density at radius 2 is 1.85 bits per heavy atom. The summed E-state index contributed by atoms with van der Waals surface area (Å²) in [5.41, 5.74) is 2.52. The van der Waals surface area contributed by atoms with E-state index in [4.69, 9.17) is 0 Å². The van der Waals surface area contributed by atoms with Gasteiger partial charge in [0.2, 0.25) is 5.91 Å². The number of carbonyl (C=O) groups is 2. The lowest BCUT2D eigenvalue weighted by Crippen LogP contribution is -2.12. The Morgan fingerprint density at radius 1 is 1.12 bits per heavy atom. The topological polar surface area (TPSA) is 66.4 Å². The summed E-state index contributed by atoms with van der Waals surface area (Å²) in [7, 11) is 0. The van der Waals surface area contributed by atoms with Crippen molar-refractivity contribution in [3.8, 4) is 0 Å². The van der Waals surface area contributed by atoms with Gasteiger partial charge in [0.1, 0.15) is 0 Å². The largest absolute Gasteiger partial charge is 0.478 e. The van der Waals surface area contributed by atoms with Crippen LogP contribution in [-0.4, -0.2) is 17.0 Å². The number of halogens is 1. The maximum Gasteiger partial charge on any atom is 0.337 e. The second-order valence-electron chi connectivity index (χ2n) is 6.02. The van der Waals surface area contributed by atoms with E-state index < -0.39 is 5.97 Å². The van der Waals surface area contributed by atoms with Crippen molar-refractivity contribution in [2.24, 2.45) is 0 Å². The number of aromatic carboxylic acids is 1. The van der Waals surface area contributed by atoms with Crippen LogP contribution in [-0.2, 0) is 11.2 Å². The maximum atomic E-state index is 12.1. The molecule has 0 aliphatic heterocycles. The normalized spacial score (nSPS) is 10.8. The summed E-state index contributed by atoms with van der Waals surface area (Å²) in [6, 6.07) is 12.8. The molecular formula is C21H22BrNO3. The summed E-state index contributed by atoms with van der Waals surface area (Å²) in [5, 5.41) is 11.8. The van der Waals surface area contributed by atoms with Crippen molar-refractivity contribution in [1.29, 1.82) is 0 Å². The van der Waals surface area contributed by atoms with Crippen LogP contribution >= 0.6 is 15.9 Å². The van der Waals surface area contributed by atoms with Gasteiger partial charge < -0.3 is 10.4 Å². The Balaban J connectivity index is 1.98. The van der Waals surface area contributed by atoms with E-state index in [0.29, 0.717) is 4.47 Å². The van der Waals surface area contributed by atoms with Crippen molar-refractivity contribution in [3.63, 3.8) is 0 Å². The van der Waals surface area contributed by atoms with E-state index >= 15 is 0 Å². The molecule has 0 heterocycles. The van der Waals surface area contributed by atoms with Gasteiger partial charge in [0.15, 0.2) is 0 Å². The van der Waals surface area contributed by atoms with Crippen molar-refractivity contribution in [2.75, 3.05) is 5.32 Å². The minimum Gasteiger partial charge on any atom is -0.478 e. The summed E-state index contributed by atoms with van der Waals surface area (Å²) in [6.07, 6.45) is 7.81. The molecule has 0 unspecified atom stereocenters. The Kier molecular flexibility index (Phi) is 7.60. The summed E-state index contributed by atoms with van der Waals surface area (Å²) in [4.78, 5) is 23.4. The minimum absolute atomic E-state index is 0.0394. The third kappa shape index (κ3) is 6.15. The first-order chi connectivity index (χ1) is 12.5. The van der Waals surface area contributed by atoms with Crippen LogP contribution in [0.1, 0.15) is 47.7 Å². The first-order valence-electron chi connectivity index (χ1n) is 8.60. The van der Waals surface area contributed by atoms with E-state index in [1.807, 2.05) is 12.1 Å². The van der Waals surface area contributed by atoms with Gasteiger partial charge in [-0.3, -0.25) is 4.79 Å². The molecule has 0 radical (unpaired) electrons. The van der Waals surface area contributed by atoms with Gasteiger partial charge in [-0.15, -0.1) is 0 Å². The quantitative estimate of drug-likeness (QED) is 0.439. The summed E-state index contributed by atoms with van der Waals surface area (Å²) >= 11 is 3.23. The van der Waals surface area contributed by atoms with Gasteiger partial charge in [-0.05, 0) is 48.2 Å². The van der Waals surface area contributed by atoms with Gasteiger partial charge in [-0.25, -0.2) is 4.79 Å². The zero-order valence-corrected chi connectivity index (χ0v) is 16.3. The monoisotopic (exact) mass is 415 g/mol. The number of amides is 1. The minimum atomic E-state index is -1.09. The molecule has 4 nitrogen and oxygen atoms in total. The summed E-state index contributed by atoms with van der Waals surface area (Å²) in [6.45, 7) is 2.19. The molecule has 0 fully saturated rings. The molecule has 0 aromatic heterocycles. The molecule has 2 N–H and O–H groups in total. The standard InChI is InChI=1S/C21H22BrNO3/c1-2-3-4-5-15-6-8-16(9-7-15)10-13-20(24)23-19-12-11-17(22)14-18(19)21(25)26/h6-14H,2-5H2,1H3,(H,23,24)(H,25,26). The lowest BCUT2D eigenvalue weighted by atomic mass is 10.1. The van der Waals surface area contributed by atoms with Gasteiger partial charge in [-0.1, -0.05) is 60.0 Å². The number of unbranched alkanes of at least 4 members (excludes halogenated alkanes) is 2. The van der Waals surface area contributed by atoms with Crippen molar-refractivity contribution in [1.82, 2.24) is 0 Å². The van der Waals surface area contributed by atoms with Crippen LogP contribution in [0.3, 0.4) is 0 Å². The fraction of sp³-hybridized carbons (Fsp3) is 0.238. The lowest BCUT2D eigenvalue weighted by molar-refractivity contribution is -0.111. The number of rotatable bonds is 8. The SMILES string of the molecule is CCCCCc1ccc(C=CC(=O)Nc2ccc(Br)cc2C(=O)O)cc1. The van der Waals surface area contributed by atoms with Crippen LogP contribution < -0.4 is 5.32 Å². The van der Waals surface area contributed by atoms with Gasteiger partial charge in [0.05, 0.1) is 11.3 Å². The molecule has 0 saturated carbocycles. The van der Waals surface area contributed by atoms with Gasteiger partial charge in [0, 0.05) is 10.5 Å². The first kappa shape index (κ1) is 19.9. The molecule has 2 rings (SSSR count). The van der Waals surface area contributed by atoms with Gasteiger partial charge >= 0.3 is 5.97 Å². The molecule has 0 spiro atoms. The van der Waals surface area contributed by atoms with Crippen LogP contribution in [0.5, 0.6) is 0 Å². The van der Waals surface area contributed by atoms with E-state index in [-0.39, 0.29) is 17.2 Å². The Bertz CT molecular complexity index is 797. The molecule has 0 aliphatic rings. The van der Waals surface area contributed by atoms with Crippen molar-refractivity contribution in [2.45, 2.75) is 32.6 Å². The van der Waals surface area contributed by atoms with Gasteiger partial charge in [-0.2, -0.15) is 0 Å². The molecule has 0 bridgehead atoms. The van der Waals surface area contributed by atoms with Crippen molar-refractivity contribution < 1.29 is 14.7 Å². The zero-order chi connectivity index (χ0) is 18.9. The molecule has 1 amide bonds. The maximum absolute atomic E-state index is 12.1. The number of carboxylic acids is 1. The van der Waals surface area contributed by atoms with Crippen LogP contribution in [0.4, 0.5) is 5.69 Å². The highest BCUT2D eigenvalue weighted by molar-refractivity contribution is 9.10. The van der Waals surface area contributed by atoms with Crippen molar-refractivity contribution >= 4 is 39.6 Å². The molecule has 2 aromatic carbocycles. The number of nitrogens with one attached hydrogen (secondary N) is 1. The smallest absolute Gasteiger partial charge is 0.337 e. The van der Waals surface area contributed by atoms with E-state index in [1.54, 1.807) is 18.2 Å². The zero-order valence-electron chi connectivity index (χ0n) is 14.7. The molecular weight excluding hydrogens is 394 g/mol. The van der Waals surface area contributed by atoms with Crippen molar-refractivity contribution in [3.05, 3.63) is 69.7 Å². The number of carbonyl (C=O) groups excluding carboxylic acids is 1. The first-order valence-corrected chi connectivity index (χ1v) is 9.39. The lowest BCUT2D eigenvalue weighted by Gasteiger charge is -2.07. The van der Waals surface area contributed by atoms with E-state index in [1.165, 1.54) is 37.0 Å². The highest BCUT2D eigenvalue weighted by Gasteiger charge is 2.11. The fourth-order valence-electron chi connectivity index (χ4n) is 2.52. The van der Waals surface area contributed by atoms with Crippen LogP contribution in [0.25, 0.3) is 6.08 Å².